The molecule has 2 aromatic heterocycles. The van der Waals surface area contributed by atoms with E-state index in [9.17, 15) is 13.2 Å². The summed E-state index contributed by atoms with van der Waals surface area (Å²) in [4.78, 5) is 5.88. The van der Waals surface area contributed by atoms with Gasteiger partial charge in [-0.3, -0.25) is 4.68 Å². The largest absolute Gasteiger partial charge is 0.410 e. The summed E-state index contributed by atoms with van der Waals surface area (Å²) in [6, 6.07) is 3.48. The third-order valence-electron chi connectivity index (χ3n) is 5.15. The molecule has 7 nitrogen and oxygen atoms in total. The Morgan fingerprint density at radius 3 is 2.68 bits per heavy atom. The van der Waals surface area contributed by atoms with Crippen molar-refractivity contribution in [1.82, 2.24) is 30.3 Å². The molecule has 0 radical (unpaired) electrons. The first-order valence-corrected chi connectivity index (χ1v) is 9.67. The Hall–Kier alpha value is -3.43. The molecule has 3 rings (SSSR count). The van der Waals surface area contributed by atoms with E-state index in [0.717, 1.165) is 11.3 Å². The van der Waals surface area contributed by atoms with Crippen molar-refractivity contribution in [2.45, 2.75) is 25.2 Å². The zero-order chi connectivity index (χ0) is 22.8. The van der Waals surface area contributed by atoms with Gasteiger partial charge in [0.1, 0.15) is 11.9 Å². The highest BCUT2D eigenvalue weighted by atomic mass is 19.4. The number of pyridine rings is 1. The summed E-state index contributed by atoms with van der Waals surface area (Å²) in [5, 5.41) is 12.8. The van der Waals surface area contributed by atoms with Crippen LogP contribution in [0, 0.1) is 0 Å². The second-order valence-corrected chi connectivity index (χ2v) is 7.39. The molecule has 0 aromatic carbocycles. The smallest absolute Gasteiger partial charge is 0.378 e. The molecular formula is C21H26F3N7. The van der Waals surface area contributed by atoms with Crippen LogP contribution in [0.2, 0.25) is 0 Å². The molecule has 166 valence electrons. The second-order valence-electron chi connectivity index (χ2n) is 7.39. The molecule has 2 unspecified atom stereocenters. The van der Waals surface area contributed by atoms with Crippen LogP contribution in [-0.4, -0.2) is 45.0 Å². The van der Waals surface area contributed by atoms with E-state index < -0.39 is 12.2 Å². The summed E-state index contributed by atoms with van der Waals surface area (Å²) in [7, 11) is 1.83. The van der Waals surface area contributed by atoms with Crippen LogP contribution in [-0.2, 0) is 7.05 Å². The van der Waals surface area contributed by atoms with Gasteiger partial charge in [-0.25, -0.2) is 4.98 Å². The Morgan fingerprint density at radius 1 is 1.32 bits per heavy atom. The lowest BCUT2D eigenvalue weighted by Crippen LogP contribution is -2.39. The van der Waals surface area contributed by atoms with Crippen LogP contribution in [0.1, 0.15) is 24.2 Å². The number of aromatic nitrogens is 3. The molecule has 3 heterocycles. The summed E-state index contributed by atoms with van der Waals surface area (Å²) in [6.45, 7) is 13.8. The van der Waals surface area contributed by atoms with E-state index in [0.29, 0.717) is 23.8 Å². The zero-order valence-corrected chi connectivity index (χ0v) is 17.5. The van der Waals surface area contributed by atoms with Crippen molar-refractivity contribution >= 4 is 11.5 Å². The van der Waals surface area contributed by atoms with Crippen molar-refractivity contribution in [2.75, 3.05) is 18.4 Å². The molecule has 0 amide bonds. The maximum atomic E-state index is 13.0. The number of halogens is 3. The number of anilines is 1. The standard InChI is InChI=1S/C21H26F3N7/c1-13(11-26-14(2)18-7-9-27-30(18)5)28-20-10-17(6-8-25-20)15(3)31-12-19(21(22,23)24)29-16(31)4/h6-10,15,19,26,29H,1-2,4,11-12H2,3,5H3,(H,25,28). The molecule has 0 spiro atoms. The number of nitrogens with one attached hydrogen (secondary N) is 3. The minimum Gasteiger partial charge on any atom is -0.378 e. The first kappa shape index (κ1) is 22.3. The first-order valence-electron chi connectivity index (χ1n) is 9.67. The predicted octanol–water partition coefficient (Wildman–Crippen LogP) is 3.37. The normalized spacial score (nSPS) is 17.3. The van der Waals surface area contributed by atoms with Gasteiger partial charge in [0.25, 0.3) is 0 Å². The van der Waals surface area contributed by atoms with Crippen molar-refractivity contribution in [3.63, 3.8) is 0 Å². The fraction of sp³-hybridized carbons (Fsp3) is 0.333. The molecule has 31 heavy (non-hydrogen) atoms. The molecule has 2 aromatic rings. The molecule has 2 atom stereocenters. The van der Waals surface area contributed by atoms with Crippen LogP contribution in [0.4, 0.5) is 19.0 Å². The topological polar surface area (TPSA) is 70.0 Å². The molecule has 1 aliphatic rings. The molecule has 1 saturated heterocycles. The van der Waals surface area contributed by atoms with Gasteiger partial charge in [-0.1, -0.05) is 19.7 Å². The lowest BCUT2D eigenvalue weighted by Gasteiger charge is -2.27. The molecule has 0 bridgehead atoms. The second kappa shape index (κ2) is 8.75. The zero-order valence-electron chi connectivity index (χ0n) is 17.5. The lowest BCUT2D eigenvalue weighted by molar-refractivity contribution is -0.150. The van der Waals surface area contributed by atoms with Crippen molar-refractivity contribution in [2.24, 2.45) is 7.05 Å². The van der Waals surface area contributed by atoms with E-state index >= 15 is 0 Å². The average molecular weight is 433 g/mol. The highest BCUT2D eigenvalue weighted by molar-refractivity contribution is 5.58. The van der Waals surface area contributed by atoms with Gasteiger partial charge in [0.15, 0.2) is 0 Å². The molecule has 3 N–H and O–H groups in total. The fourth-order valence-corrected chi connectivity index (χ4v) is 3.37. The van der Waals surface area contributed by atoms with Crippen LogP contribution in [0.15, 0.2) is 61.8 Å². The van der Waals surface area contributed by atoms with E-state index in [1.165, 1.54) is 0 Å². The number of rotatable bonds is 8. The Labute approximate surface area is 179 Å². The van der Waals surface area contributed by atoms with E-state index in [4.69, 9.17) is 0 Å². The van der Waals surface area contributed by atoms with E-state index in [1.807, 2.05) is 20.0 Å². The summed E-state index contributed by atoms with van der Waals surface area (Å²) in [5.41, 5.74) is 3.03. The number of aryl methyl sites for hydroxylation is 1. The third-order valence-corrected chi connectivity index (χ3v) is 5.15. The molecule has 0 aliphatic carbocycles. The van der Waals surface area contributed by atoms with E-state index in [-0.39, 0.29) is 18.4 Å². The summed E-state index contributed by atoms with van der Waals surface area (Å²) < 4.78 is 40.8. The van der Waals surface area contributed by atoms with Crippen LogP contribution >= 0.6 is 0 Å². The Kier molecular flexibility index (Phi) is 6.28. The van der Waals surface area contributed by atoms with Gasteiger partial charge in [0.05, 0.1) is 29.8 Å². The van der Waals surface area contributed by atoms with Gasteiger partial charge in [0.2, 0.25) is 0 Å². The van der Waals surface area contributed by atoms with Crippen LogP contribution in [0.5, 0.6) is 0 Å². The Balaban J connectivity index is 1.59. The number of hydrogen-bond donors (Lipinski definition) is 3. The van der Waals surface area contributed by atoms with Gasteiger partial charge in [-0.05, 0) is 30.7 Å². The van der Waals surface area contributed by atoms with Crippen LogP contribution in [0.25, 0.3) is 5.70 Å². The van der Waals surface area contributed by atoms with Crippen molar-refractivity contribution < 1.29 is 13.2 Å². The van der Waals surface area contributed by atoms with Crippen LogP contribution < -0.4 is 16.0 Å². The number of alkyl halides is 3. The number of hydrogen-bond acceptors (Lipinski definition) is 6. The maximum Gasteiger partial charge on any atom is 0.410 e. The van der Waals surface area contributed by atoms with Crippen molar-refractivity contribution in [3.05, 3.63) is 73.1 Å². The summed E-state index contributed by atoms with van der Waals surface area (Å²) >= 11 is 0. The third kappa shape index (κ3) is 5.19. The van der Waals surface area contributed by atoms with Gasteiger partial charge < -0.3 is 20.9 Å². The number of nitrogens with zero attached hydrogens (tertiary/aromatic N) is 4. The van der Waals surface area contributed by atoms with E-state index in [2.05, 4.69) is 45.8 Å². The SMILES string of the molecule is C=C(CNC(=C)c1ccnn1C)Nc1cc(C(C)N2CC(C(F)(F)F)NC2=C)ccn1. The maximum absolute atomic E-state index is 13.0. The minimum atomic E-state index is -4.33. The lowest BCUT2D eigenvalue weighted by atomic mass is 10.1. The minimum absolute atomic E-state index is 0.193. The molecule has 0 saturated carbocycles. The van der Waals surface area contributed by atoms with Gasteiger partial charge in [0, 0.05) is 31.7 Å². The average Bonchev–Trinajstić information content (AvgIpc) is 3.31. The molecule has 1 aliphatic heterocycles. The highest BCUT2D eigenvalue weighted by Crippen LogP contribution is 2.32. The quantitative estimate of drug-likeness (QED) is 0.593. The fourth-order valence-electron chi connectivity index (χ4n) is 3.37. The van der Waals surface area contributed by atoms with Gasteiger partial charge in [-0.15, -0.1) is 0 Å². The van der Waals surface area contributed by atoms with E-state index in [1.54, 1.807) is 34.1 Å². The van der Waals surface area contributed by atoms with Crippen molar-refractivity contribution in [3.8, 4) is 0 Å². The Morgan fingerprint density at radius 2 is 2.06 bits per heavy atom. The predicted molar refractivity (Wildman–Crippen MR) is 114 cm³/mol. The highest BCUT2D eigenvalue weighted by Gasteiger charge is 2.45. The Bertz CT molecular complexity index is 979. The van der Waals surface area contributed by atoms with Gasteiger partial charge in [-0.2, -0.15) is 18.3 Å². The first-order chi connectivity index (χ1) is 14.6. The van der Waals surface area contributed by atoms with Crippen molar-refractivity contribution in [1.29, 1.82) is 0 Å². The molecular weight excluding hydrogens is 407 g/mol. The van der Waals surface area contributed by atoms with Crippen LogP contribution in [0.3, 0.4) is 0 Å². The molecule has 10 heteroatoms. The summed E-state index contributed by atoms with van der Waals surface area (Å²) in [5.74, 6) is 0.802. The molecule has 1 fully saturated rings. The monoisotopic (exact) mass is 433 g/mol. The van der Waals surface area contributed by atoms with Gasteiger partial charge >= 0.3 is 6.18 Å². The summed E-state index contributed by atoms with van der Waals surface area (Å²) in [6.07, 6.45) is -1.03.